The fourth-order valence-corrected chi connectivity index (χ4v) is 7.32. The standard InChI is InChI=1S/C50H88NO11P/c1-3-5-7-9-11-12-13-14-15-16-17-18-19-20-21-22-23-24-29-33-37-41-49(54)62-46(43-60-63(57,58)61-44-47(51)50(55)56)42-59-48(53)40-36-32-28-26-25-27-31-35-39-45(52)38-34-30-10-8-6-4-2/h6,8,26-28,30-31,34-35,39,45-47,52H,3-5,7,9-25,29,32-33,36-38,40-44,51H2,1-2H3,(H,55,56)(H,57,58)/b8-6-,28-26-,31-27-,34-30-,39-35+/t45?,46-,47+/m1/s1. The van der Waals surface area contributed by atoms with Crippen molar-refractivity contribution >= 4 is 25.7 Å². The summed E-state index contributed by atoms with van der Waals surface area (Å²) in [7, 11) is -4.75. The second-order valence-electron chi connectivity index (χ2n) is 16.4. The number of aliphatic hydroxyl groups is 1. The van der Waals surface area contributed by atoms with Gasteiger partial charge < -0.3 is 30.3 Å². The summed E-state index contributed by atoms with van der Waals surface area (Å²) in [5.74, 6) is -2.50. The van der Waals surface area contributed by atoms with E-state index in [0.717, 1.165) is 32.1 Å². The maximum atomic E-state index is 12.7. The number of esters is 2. The summed E-state index contributed by atoms with van der Waals surface area (Å²) >= 11 is 0. The Balaban J connectivity index is 4.39. The molecule has 364 valence electrons. The highest BCUT2D eigenvalue weighted by Gasteiger charge is 2.28. The van der Waals surface area contributed by atoms with Gasteiger partial charge in [0.25, 0.3) is 0 Å². The second kappa shape index (κ2) is 44.3. The Hall–Kier alpha value is -2.86. The number of allylic oxidation sites excluding steroid dienone is 8. The number of phosphoric ester groups is 1. The SMILES string of the molecule is CC/C=C\C/C=C\CC(O)/C=C/C=C\C/C=C\CCCC(=O)OC[C@H](COP(=O)(O)OC[C@H](N)C(=O)O)OC(=O)CCCCCCCCCCCCCCCCCCCCCCC. The Kier molecular flexibility index (Phi) is 42.3. The number of carbonyl (C=O) groups is 3. The third kappa shape index (κ3) is 44.1. The highest BCUT2D eigenvalue weighted by molar-refractivity contribution is 7.47. The first-order valence-corrected chi connectivity index (χ1v) is 25.9. The smallest absolute Gasteiger partial charge is 0.472 e. The van der Waals surface area contributed by atoms with Crippen molar-refractivity contribution < 1.29 is 52.6 Å². The highest BCUT2D eigenvalue weighted by atomic mass is 31.2. The van der Waals surface area contributed by atoms with E-state index >= 15 is 0 Å². The van der Waals surface area contributed by atoms with Gasteiger partial charge in [-0.25, -0.2) is 4.57 Å². The van der Waals surface area contributed by atoms with E-state index in [4.69, 9.17) is 24.8 Å². The minimum absolute atomic E-state index is 0.111. The molecule has 0 aliphatic heterocycles. The molecule has 0 bridgehead atoms. The maximum Gasteiger partial charge on any atom is 0.472 e. The van der Waals surface area contributed by atoms with E-state index < -0.39 is 63.8 Å². The van der Waals surface area contributed by atoms with Crippen LogP contribution < -0.4 is 5.73 Å². The molecule has 0 aromatic heterocycles. The van der Waals surface area contributed by atoms with Crippen LogP contribution in [-0.2, 0) is 37.5 Å². The number of aliphatic hydroxyl groups excluding tert-OH is 1. The van der Waals surface area contributed by atoms with E-state index in [-0.39, 0.29) is 12.8 Å². The van der Waals surface area contributed by atoms with E-state index in [2.05, 4.69) is 30.5 Å². The molecule has 0 radical (unpaired) electrons. The fraction of sp³-hybridized carbons (Fsp3) is 0.740. The van der Waals surface area contributed by atoms with Crippen molar-refractivity contribution in [1.82, 2.24) is 0 Å². The maximum absolute atomic E-state index is 12.7. The predicted molar refractivity (Wildman–Crippen MR) is 255 cm³/mol. The molecule has 0 aliphatic rings. The molecule has 0 saturated heterocycles. The van der Waals surface area contributed by atoms with Gasteiger partial charge in [0.1, 0.15) is 12.6 Å². The molecule has 0 spiro atoms. The number of nitrogens with two attached hydrogens (primary N) is 1. The minimum atomic E-state index is -4.75. The van der Waals surface area contributed by atoms with Gasteiger partial charge in [-0.05, 0) is 44.9 Å². The van der Waals surface area contributed by atoms with Gasteiger partial charge >= 0.3 is 25.7 Å². The Morgan fingerprint density at radius 2 is 1.08 bits per heavy atom. The van der Waals surface area contributed by atoms with Crippen LogP contribution in [0.5, 0.6) is 0 Å². The molecule has 0 amide bonds. The molecular weight excluding hydrogens is 822 g/mol. The summed E-state index contributed by atoms with van der Waals surface area (Å²) in [5.41, 5.74) is 5.34. The molecule has 5 N–H and O–H groups in total. The zero-order valence-electron chi connectivity index (χ0n) is 39.3. The van der Waals surface area contributed by atoms with Crippen molar-refractivity contribution in [2.75, 3.05) is 19.8 Å². The molecular formula is C50H88NO11P. The highest BCUT2D eigenvalue weighted by Crippen LogP contribution is 2.43. The summed E-state index contributed by atoms with van der Waals surface area (Å²) in [6.07, 6.45) is 49.0. The number of phosphoric acid groups is 1. The number of carbonyl (C=O) groups excluding carboxylic acids is 2. The number of aliphatic carboxylic acids is 1. The van der Waals surface area contributed by atoms with Crippen molar-refractivity contribution in [3.63, 3.8) is 0 Å². The minimum Gasteiger partial charge on any atom is -0.480 e. The fourth-order valence-electron chi connectivity index (χ4n) is 6.54. The molecule has 0 aromatic rings. The van der Waals surface area contributed by atoms with Crippen LogP contribution in [0.4, 0.5) is 0 Å². The van der Waals surface area contributed by atoms with E-state index in [1.165, 1.54) is 109 Å². The van der Waals surface area contributed by atoms with Gasteiger partial charge in [-0.2, -0.15) is 0 Å². The van der Waals surface area contributed by atoms with Gasteiger partial charge in [-0.3, -0.25) is 23.4 Å². The molecule has 0 rings (SSSR count). The Labute approximate surface area is 381 Å². The normalized spacial score (nSPS) is 14.6. The lowest BCUT2D eigenvalue weighted by molar-refractivity contribution is -0.161. The van der Waals surface area contributed by atoms with Crippen LogP contribution in [0.15, 0.2) is 60.8 Å². The monoisotopic (exact) mass is 910 g/mol. The molecule has 13 heteroatoms. The first-order valence-electron chi connectivity index (χ1n) is 24.4. The second-order valence-corrected chi connectivity index (χ2v) is 17.9. The largest absolute Gasteiger partial charge is 0.480 e. The van der Waals surface area contributed by atoms with Crippen molar-refractivity contribution in [2.45, 2.75) is 218 Å². The third-order valence-electron chi connectivity index (χ3n) is 10.4. The van der Waals surface area contributed by atoms with Crippen LogP contribution in [0.25, 0.3) is 0 Å². The Morgan fingerprint density at radius 3 is 1.63 bits per heavy atom. The summed E-state index contributed by atoms with van der Waals surface area (Å²) in [4.78, 5) is 46.1. The summed E-state index contributed by atoms with van der Waals surface area (Å²) in [5, 5.41) is 18.9. The van der Waals surface area contributed by atoms with Crippen molar-refractivity contribution in [2.24, 2.45) is 5.73 Å². The van der Waals surface area contributed by atoms with Crippen LogP contribution in [0.2, 0.25) is 0 Å². The lowest BCUT2D eigenvalue weighted by atomic mass is 10.0. The number of rotatable bonds is 45. The van der Waals surface area contributed by atoms with Crippen LogP contribution in [0, 0.1) is 0 Å². The first-order chi connectivity index (χ1) is 30.5. The Morgan fingerprint density at radius 1 is 0.587 bits per heavy atom. The lowest BCUT2D eigenvalue weighted by Gasteiger charge is -2.20. The van der Waals surface area contributed by atoms with Gasteiger partial charge in [-0.15, -0.1) is 0 Å². The number of hydrogen-bond donors (Lipinski definition) is 4. The van der Waals surface area contributed by atoms with Gasteiger partial charge in [0.15, 0.2) is 6.10 Å². The van der Waals surface area contributed by atoms with Crippen LogP contribution in [0.1, 0.15) is 200 Å². The van der Waals surface area contributed by atoms with Crippen molar-refractivity contribution in [1.29, 1.82) is 0 Å². The molecule has 2 unspecified atom stereocenters. The molecule has 4 atom stereocenters. The van der Waals surface area contributed by atoms with E-state index in [1.54, 1.807) is 6.08 Å². The number of hydrogen-bond acceptors (Lipinski definition) is 10. The van der Waals surface area contributed by atoms with Gasteiger partial charge in [0.05, 0.1) is 19.3 Å². The molecule has 12 nitrogen and oxygen atoms in total. The van der Waals surface area contributed by atoms with Crippen LogP contribution in [0.3, 0.4) is 0 Å². The molecule has 0 aromatic carbocycles. The predicted octanol–water partition coefficient (Wildman–Crippen LogP) is 12.5. The third-order valence-corrected chi connectivity index (χ3v) is 11.3. The number of unbranched alkanes of at least 4 members (excludes halogenated alkanes) is 21. The average molecular weight is 910 g/mol. The Bertz CT molecular complexity index is 1310. The van der Waals surface area contributed by atoms with Gasteiger partial charge in [-0.1, -0.05) is 203 Å². The summed E-state index contributed by atoms with van der Waals surface area (Å²) in [6.45, 7) is 2.57. The zero-order chi connectivity index (χ0) is 46.5. The topological polar surface area (TPSA) is 192 Å². The molecule has 0 aliphatic carbocycles. The van der Waals surface area contributed by atoms with Gasteiger partial charge in [0.2, 0.25) is 0 Å². The first kappa shape index (κ1) is 60.1. The lowest BCUT2D eigenvalue weighted by Crippen LogP contribution is -2.34. The van der Waals surface area contributed by atoms with Gasteiger partial charge in [0, 0.05) is 12.8 Å². The average Bonchev–Trinajstić information content (AvgIpc) is 3.26. The van der Waals surface area contributed by atoms with Crippen molar-refractivity contribution in [3.05, 3.63) is 60.8 Å². The number of carboxylic acids is 1. The summed E-state index contributed by atoms with van der Waals surface area (Å²) < 4.78 is 32.7. The molecule has 0 fully saturated rings. The zero-order valence-corrected chi connectivity index (χ0v) is 40.2. The van der Waals surface area contributed by atoms with E-state index in [0.29, 0.717) is 32.1 Å². The molecule has 0 heterocycles. The van der Waals surface area contributed by atoms with E-state index in [1.807, 2.05) is 42.5 Å². The number of ether oxygens (including phenoxy) is 2. The van der Waals surface area contributed by atoms with Crippen molar-refractivity contribution in [3.8, 4) is 0 Å². The van der Waals surface area contributed by atoms with E-state index in [9.17, 15) is 28.9 Å². The molecule has 63 heavy (non-hydrogen) atoms. The quantitative estimate of drug-likeness (QED) is 0.0149. The molecule has 0 saturated carbocycles. The summed E-state index contributed by atoms with van der Waals surface area (Å²) in [6, 6.07) is -1.54. The van der Waals surface area contributed by atoms with Crippen LogP contribution >= 0.6 is 7.82 Å². The number of carboxylic acid groups (broad SMARTS) is 1. The van der Waals surface area contributed by atoms with Crippen LogP contribution in [-0.4, -0.2) is 71.1 Å².